The van der Waals surface area contributed by atoms with Crippen LogP contribution in [0, 0.1) is 0 Å². The van der Waals surface area contributed by atoms with Gasteiger partial charge in [0.25, 0.3) is 0 Å². The van der Waals surface area contributed by atoms with E-state index in [1.807, 2.05) is 0 Å². The van der Waals surface area contributed by atoms with Crippen LogP contribution in [-0.4, -0.2) is 23.3 Å². The number of esters is 1. The third-order valence-electron chi connectivity index (χ3n) is 5.19. The number of Topliss-reactive ketones (excluding diaryl/α,β-unsaturated/α-hetero) is 1. The number of thiazole rings is 1. The molecule has 0 radical (unpaired) electrons. The molecule has 0 bridgehead atoms. The Hall–Kier alpha value is -2.01. The second-order valence-electron chi connectivity index (χ2n) is 7.72. The smallest absolute Gasteiger partial charge is 0.357 e. The second kappa shape index (κ2) is 14.1. The van der Waals surface area contributed by atoms with Crippen molar-refractivity contribution in [3.05, 3.63) is 51.5 Å². The van der Waals surface area contributed by atoms with Crippen LogP contribution in [0.3, 0.4) is 0 Å². The van der Waals surface area contributed by atoms with Gasteiger partial charge in [-0.05, 0) is 50.2 Å². The highest BCUT2D eigenvalue weighted by Crippen LogP contribution is 2.16. The van der Waals surface area contributed by atoms with Gasteiger partial charge in [0, 0.05) is 11.8 Å². The fraction of sp³-hybridized carbons (Fsp3) is 0.560. The maximum atomic E-state index is 12.3. The van der Waals surface area contributed by atoms with Crippen molar-refractivity contribution in [2.45, 2.75) is 84.5 Å². The van der Waals surface area contributed by atoms with Crippen molar-refractivity contribution in [1.29, 1.82) is 0 Å². The Morgan fingerprint density at radius 3 is 2.10 bits per heavy atom. The molecule has 1 aromatic heterocycles. The molecular weight excluding hydrogens is 394 g/mol. The van der Waals surface area contributed by atoms with E-state index in [-0.39, 0.29) is 11.5 Å². The van der Waals surface area contributed by atoms with Crippen molar-refractivity contribution in [2.24, 2.45) is 0 Å². The number of rotatable bonds is 15. The molecule has 0 saturated heterocycles. The van der Waals surface area contributed by atoms with Crippen molar-refractivity contribution >= 4 is 23.1 Å². The Morgan fingerprint density at radius 1 is 0.867 bits per heavy atom. The number of benzene rings is 1. The molecule has 0 spiro atoms. The van der Waals surface area contributed by atoms with Gasteiger partial charge in [0.15, 0.2) is 16.5 Å². The first-order valence-electron chi connectivity index (χ1n) is 11.4. The zero-order valence-corrected chi connectivity index (χ0v) is 19.3. The summed E-state index contributed by atoms with van der Waals surface area (Å²) in [6, 6.07) is 8.94. The lowest BCUT2D eigenvalue weighted by atomic mass is 10.0. The molecule has 0 saturated carbocycles. The van der Waals surface area contributed by atoms with Crippen LogP contribution in [-0.2, 0) is 17.6 Å². The molecule has 1 heterocycles. The summed E-state index contributed by atoms with van der Waals surface area (Å²) >= 11 is 1.22. The largest absolute Gasteiger partial charge is 0.461 e. The van der Waals surface area contributed by atoms with Crippen LogP contribution >= 0.6 is 11.3 Å². The van der Waals surface area contributed by atoms with Gasteiger partial charge in [0.2, 0.25) is 0 Å². The van der Waals surface area contributed by atoms with Crippen LogP contribution in [0.5, 0.6) is 0 Å². The average molecular weight is 430 g/mol. The molecule has 1 aromatic carbocycles. The number of aromatic nitrogens is 1. The van der Waals surface area contributed by atoms with E-state index in [4.69, 9.17) is 4.74 Å². The third kappa shape index (κ3) is 8.78. The van der Waals surface area contributed by atoms with E-state index < -0.39 is 5.97 Å². The van der Waals surface area contributed by atoms with Crippen molar-refractivity contribution in [3.8, 4) is 0 Å². The lowest BCUT2D eigenvalue weighted by Gasteiger charge is -2.05. The number of carbonyl (C=O) groups is 2. The van der Waals surface area contributed by atoms with E-state index in [2.05, 4.69) is 36.2 Å². The van der Waals surface area contributed by atoms with Gasteiger partial charge < -0.3 is 4.74 Å². The van der Waals surface area contributed by atoms with E-state index in [0.717, 1.165) is 19.3 Å². The maximum absolute atomic E-state index is 12.3. The summed E-state index contributed by atoms with van der Waals surface area (Å²) in [5.74, 6) is -0.461. The molecule has 164 valence electrons. The average Bonchev–Trinajstić information content (AvgIpc) is 3.25. The zero-order chi connectivity index (χ0) is 21.6. The number of carbonyl (C=O) groups excluding carboxylic acids is 2. The first-order valence-corrected chi connectivity index (χ1v) is 12.3. The van der Waals surface area contributed by atoms with Gasteiger partial charge in [-0.2, -0.15) is 0 Å². The number of ether oxygens (including phenoxy) is 1. The summed E-state index contributed by atoms with van der Waals surface area (Å²) in [4.78, 5) is 28.0. The first kappa shape index (κ1) is 24.3. The molecule has 0 aliphatic carbocycles. The summed E-state index contributed by atoms with van der Waals surface area (Å²) in [5.41, 5.74) is 2.98. The van der Waals surface area contributed by atoms with Crippen molar-refractivity contribution in [2.75, 3.05) is 6.61 Å². The van der Waals surface area contributed by atoms with E-state index in [1.165, 1.54) is 67.4 Å². The molecule has 0 N–H and O–H groups in total. The second-order valence-corrected chi connectivity index (χ2v) is 8.58. The lowest BCUT2D eigenvalue weighted by molar-refractivity contribution is 0.0520. The molecule has 0 amide bonds. The summed E-state index contributed by atoms with van der Waals surface area (Å²) < 4.78 is 4.91. The molecule has 0 aliphatic rings. The predicted molar refractivity (Wildman–Crippen MR) is 123 cm³/mol. The van der Waals surface area contributed by atoms with E-state index in [0.29, 0.717) is 18.0 Å². The third-order valence-corrected chi connectivity index (χ3v) is 6.07. The van der Waals surface area contributed by atoms with Crippen LogP contribution in [0.2, 0.25) is 0 Å². The molecule has 2 aromatic rings. The molecule has 30 heavy (non-hydrogen) atoms. The Kier molecular flexibility index (Phi) is 11.4. The minimum absolute atomic E-state index is 0.00448. The van der Waals surface area contributed by atoms with Gasteiger partial charge >= 0.3 is 5.97 Å². The van der Waals surface area contributed by atoms with Crippen LogP contribution in [0.1, 0.15) is 103 Å². The van der Waals surface area contributed by atoms with Gasteiger partial charge in [-0.1, -0.05) is 63.3 Å². The number of hydrogen-bond acceptors (Lipinski definition) is 5. The maximum Gasteiger partial charge on any atom is 0.357 e. The number of unbranched alkanes of at least 4 members (excludes halogenated alkanes) is 6. The fourth-order valence-electron chi connectivity index (χ4n) is 3.40. The molecule has 5 heteroatoms. The highest BCUT2D eigenvalue weighted by Gasteiger charge is 2.15. The molecular formula is C25H35NO3S. The topological polar surface area (TPSA) is 56.3 Å². The number of aryl methyl sites for hydroxylation is 2. The highest BCUT2D eigenvalue weighted by atomic mass is 32.1. The Labute approximate surface area is 185 Å². The van der Waals surface area contributed by atoms with Crippen LogP contribution in [0.15, 0.2) is 29.6 Å². The van der Waals surface area contributed by atoms with Gasteiger partial charge in [-0.15, -0.1) is 11.3 Å². The van der Waals surface area contributed by atoms with Crippen LogP contribution in [0.4, 0.5) is 0 Å². The van der Waals surface area contributed by atoms with Crippen LogP contribution < -0.4 is 0 Å². The van der Waals surface area contributed by atoms with Gasteiger partial charge in [0.1, 0.15) is 0 Å². The summed E-state index contributed by atoms with van der Waals surface area (Å²) in [7, 11) is 0. The van der Waals surface area contributed by atoms with E-state index in [9.17, 15) is 9.59 Å². The SMILES string of the molecule is CCCCCCCCc1ccc(CCCCC(=O)c2nc(C(=O)OCC)cs2)cc1. The Balaban J connectivity index is 1.63. The zero-order valence-electron chi connectivity index (χ0n) is 18.5. The summed E-state index contributed by atoms with van der Waals surface area (Å²) in [6.45, 7) is 4.31. The Bertz CT molecular complexity index is 767. The monoisotopic (exact) mass is 429 g/mol. The normalized spacial score (nSPS) is 10.9. The number of hydrogen-bond donors (Lipinski definition) is 0. The summed E-state index contributed by atoms with van der Waals surface area (Å²) in [6.07, 6.45) is 12.4. The molecule has 2 rings (SSSR count). The summed E-state index contributed by atoms with van der Waals surface area (Å²) in [5, 5.41) is 2.00. The Morgan fingerprint density at radius 2 is 1.47 bits per heavy atom. The van der Waals surface area contributed by atoms with Crippen molar-refractivity contribution in [3.63, 3.8) is 0 Å². The van der Waals surface area contributed by atoms with Crippen LogP contribution in [0.25, 0.3) is 0 Å². The van der Waals surface area contributed by atoms with Gasteiger partial charge in [-0.25, -0.2) is 9.78 Å². The number of ketones is 1. The highest BCUT2D eigenvalue weighted by molar-refractivity contribution is 7.11. The van der Waals surface area contributed by atoms with Crippen molar-refractivity contribution < 1.29 is 14.3 Å². The molecule has 4 nitrogen and oxygen atoms in total. The van der Waals surface area contributed by atoms with E-state index >= 15 is 0 Å². The molecule has 0 unspecified atom stereocenters. The van der Waals surface area contributed by atoms with Gasteiger partial charge in [-0.3, -0.25) is 4.79 Å². The minimum Gasteiger partial charge on any atom is -0.461 e. The standard InChI is InChI=1S/C25H35NO3S/c1-3-5-6-7-8-9-12-20-15-17-21(18-16-20)13-10-11-14-23(27)24-26-22(19-30-24)25(28)29-4-2/h15-19H,3-14H2,1-2H3. The number of nitrogens with zero attached hydrogens (tertiary/aromatic N) is 1. The minimum atomic E-state index is -0.465. The molecule has 0 aliphatic heterocycles. The van der Waals surface area contributed by atoms with Crippen molar-refractivity contribution in [1.82, 2.24) is 4.98 Å². The van der Waals surface area contributed by atoms with E-state index in [1.54, 1.807) is 12.3 Å². The first-order chi connectivity index (χ1) is 14.6. The fourth-order valence-corrected chi connectivity index (χ4v) is 4.16. The molecule has 0 atom stereocenters. The quantitative estimate of drug-likeness (QED) is 0.177. The lowest BCUT2D eigenvalue weighted by Crippen LogP contribution is -2.06. The predicted octanol–water partition coefficient (Wildman–Crippen LogP) is 6.82. The molecule has 0 fully saturated rings. The van der Waals surface area contributed by atoms with Gasteiger partial charge in [0.05, 0.1) is 6.61 Å².